The van der Waals surface area contributed by atoms with Gasteiger partial charge in [-0.05, 0) is 29.6 Å². The highest BCUT2D eigenvalue weighted by molar-refractivity contribution is 5.72. The summed E-state index contributed by atoms with van der Waals surface area (Å²) in [4.78, 5) is 15.9. The minimum Gasteiger partial charge on any atom is -0.301 e. The second kappa shape index (κ2) is 9.54. The fraction of sp³-hybridized carbons (Fsp3) is 0.947. The van der Waals surface area contributed by atoms with Gasteiger partial charge >= 0.3 is 5.97 Å². The zero-order valence-electron chi connectivity index (χ0n) is 15.9. The number of hydrogen-bond acceptors (Lipinski definition) is 3. The largest absolute Gasteiger partial charge is 0.345 e. The third kappa shape index (κ3) is 8.17. The standard InChI is InChI=1S/C19H38O3/c1-15(2)19(6,7)16(17(20)22-21)13-11-9-8-10-12-14-18(3,4)5/h15-16,21H,8-14H2,1-7H3. The molecule has 0 saturated carbocycles. The molecule has 0 spiro atoms. The molecule has 0 aliphatic rings. The molecule has 0 aromatic rings. The topological polar surface area (TPSA) is 46.5 Å². The van der Waals surface area contributed by atoms with Crippen LogP contribution >= 0.6 is 0 Å². The van der Waals surface area contributed by atoms with Crippen LogP contribution in [-0.4, -0.2) is 11.2 Å². The lowest BCUT2D eigenvalue weighted by Gasteiger charge is -2.35. The van der Waals surface area contributed by atoms with Crippen LogP contribution in [0.2, 0.25) is 0 Å². The van der Waals surface area contributed by atoms with Crippen molar-refractivity contribution in [1.82, 2.24) is 0 Å². The Kier molecular flexibility index (Phi) is 9.30. The molecule has 132 valence electrons. The first-order chi connectivity index (χ1) is 10.0. The van der Waals surface area contributed by atoms with Crippen LogP contribution in [0.15, 0.2) is 0 Å². The van der Waals surface area contributed by atoms with Gasteiger partial charge in [-0.1, -0.05) is 80.6 Å². The summed E-state index contributed by atoms with van der Waals surface area (Å²) in [5, 5.41) is 8.75. The second-order valence-corrected chi connectivity index (χ2v) is 8.81. The average molecular weight is 315 g/mol. The summed E-state index contributed by atoms with van der Waals surface area (Å²) >= 11 is 0. The molecule has 0 fully saturated rings. The molecule has 1 unspecified atom stereocenters. The van der Waals surface area contributed by atoms with Crippen molar-refractivity contribution in [2.75, 3.05) is 0 Å². The van der Waals surface area contributed by atoms with Crippen LogP contribution in [0.1, 0.15) is 93.4 Å². The zero-order chi connectivity index (χ0) is 17.4. The molecule has 3 nitrogen and oxygen atoms in total. The average Bonchev–Trinajstić information content (AvgIpc) is 2.39. The summed E-state index contributed by atoms with van der Waals surface area (Å²) in [6.45, 7) is 15.3. The van der Waals surface area contributed by atoms with E-state index in [9.17, 15) is 4.79 Å². The third-order valence-corrected chi connectivity index (χ3v) is 5.18. The normalized spacial score (nSPS) is 14.2. The van der Waals surface area contributed by atoms with Gasteiger partial charge in [-0.3, -0.25) is 0 Å². The molecular weight excluding hydrogens is 276 g/mol. The quantitative estimate of drug-likeness (QED) is 0.302. The first-order valence-corrected chi connectivity index (χ1v) is 8.87. The highest BCUT2D eigenvalue weighted by Crippen LogP contribution is 2.38. The molecule has 0 aromatic heterocycles. The number of hydrogen-bond donors (Lipinski definition) is 1. The SMILES string of the molecule is CC(C)C(C)(C)C(CCCCCCCC(C)(C)C)C(=O)OO. The Morgan fingerprint density at radius 1 is 0.955 bits per heavy atom. The number of carbonyl (C=O) groups is 1. The smallest absolute Gasteiger partial charge is 0.301 e. The Morgan fingerprint density at radius 3 is 1.91 bits per heavy atom. The molecule has 0 aliphatic heterocycles. The van der Waals surface area contributed by atoms with E-state index >= 15 is 0 Å². The highest BCUT2D eigenvalue weighted by Gasteiger charge is 2.38. The van der Waals surface area contributed by atoms with Gasteiger partial charge in [0.2, 0.25) is 0 Å². The van der Waals surface area contributed by atoms with Gasteiger partial charge in [-0.2, -0.15) is 5.26 Å². The molecule has 1 N–H and O–H groups in total. The fourth-order valence-electron chi connectivity index (χ4n) is 2.79. The molecule has 0 aliphatic carbocycles. The molecule has 0 heterocycles. The van der Waals surface area contributed by atoms with Crippen molar-refractivity contribution in [3.8, 4) is 0 Å². The predicted octanol–water partition coefficient (Wildman–Crippen LogP) is 6.08. The molecule has 22 heavy (non-hydrogen) atoms. The zero-order valence-corrected chi connectivity index (χ0v) is 15.9. The number of rotatable bonds is 10. The lowest BCUT2D eigenvalue weighted by Crippen LogP contribution is -2.36. The summed E-state index contributed by atoms with van der Waals surface area (Å²) in [5.74, 6) is -0.345. The lowest BCUT2D eigenvalue weighted by molar-refractivity contribution is -0.243. The van der Waals surface area contributed by atoms with E-state index in [2.05, 4.69) is 53.4 Å². The minimum absolute atomic E-state index is 0.161. The number of unbranched alkanes of at least 4 members (excludes halogenated alkanes) is 4. The van der Waals surface area contributed by atoms with Crippen LogP contribution in [0.5, 0.6) is 0 Å². The summed E-state index contributed by atoms with van der Waals surface area (Å²) in [7, 11) is 0. The molecule has 0 saturated heterocycles. The molecular formula is C19H38O3. The van der Waals surface area contributed by atoms with Gasteiger partial charge in [0.1, 0.15) is 0 Å². The first-order valence-electron chi connectivity index (χ1n) is 8.87. The minimum atomic E-state index is -0.480. The van der Waals surface area contributed by atoms with Crippen LogP contribution in [0, 0.1) is 22.7 Å². The van der Waals surface area contributed by atoms with E-state index in [0.29, 0.717) is 11.3 Å². The highest BCUT2D eigenvalue weighted by atomic mass is 17.1. The van der Waals surface area contributed by atoms with Crippen molar-refractivity contribution in [1.29, 1.82) is 0 Å². The van der Waals surface area contributed by atoms with Crippen molar-refractivity contribution < 1.29 is 14.9 Å². The molecule has 0 bridgehead atoms. The maximum absolute atomic E-state index is 11.9. The van der Waals surface area contributed by atoms with Crippen LogP contribution in [0.25, 0.3) is 0 Å². The van der Waals surface area contributed by atoms with Crippen LogP contribution in [0.4, 0.5) is 0 Å². The molecule has 1 atom stereocenters. The van der Waals surface area contributed by atoms with Crippen molar-refractivity contribution in [3.05, 3.63) is 0 Å². The summed E-state index contributed by atoms with van der Waals surface area (Å²) in [6, 6.07) is 0. The Bertz CT molecular complexity index is 313. The van der Waals surface area contributed by atoms with E-state index in [1.54, 1.807) is 0 Å². The van der Waals surface area contributed by atoms with Crippen LogP contribution in [-0.2, 0) is 9.68 Å². The van der Waals surface area contributed by atoms with Crippen molar-refractivity contribution in [3.63, 3.8) is 0 Å². The Balaban J connectivity index is 4.14. The van der Waals surface area contributed by atoms with Gasteiger partial charge in [-0.15, -0.1) is 0 Å². The molecule has 3 heteroatoms. The maximum atomic E-state index is 11.9. The third-order valence-electron chi connectivity index (χ3n) is 5.18. The van der Waals surface area contributed by atoms with Crippen molar-refractivity contribution in [2.45, 2.75) is 93.4 Å². The second-order valence-electron chi connectivity index (χ2n) is 8.81. The van der Waals surface area contributed by atoms with E-state index < -0.39 is 5.97 Å². The summed E-state index contributed by atoms with van der Waals surface area (Å²) < 4.78 is 0. The Labute approximate surface area is 137 Å². The van der Waals surface area contributed by atoms with Gasteiger partial charge < -0.3 is 4.89 Å². The van der Waals surface area contributed by atoms with E-state index in [-0.39, 0.29) is 11.3 Å². The van der Waals surface area contributed by atoms with Crippen molar-refractivity contribution in [2.24, 2.45) is 22.7 Å². The lowest BCUT2D eigenvalue weighted by atomic mass is 9.69. The van der Waals surface area contributed by atoms with Crippen molar-refractivity contribution >= 4 is 5.97 Å². The van der Waals surface area contributed by atoms with Gasteiger partial charge in [0.25, 0.3) is 0 Å². The van der Waals surface area contributed by atoms with E-state index in [4.69, 9.17) is 5.26 Å². The Morgan fingerprint density at radius 2 is 1.45 bits per heavy atom. The molecule has 0 aromatic carbocycles. The van der Waals surface area contributed by atoms with Crippen LogP contribution in [0.3, 0.4) is 0 Å². The monoisotopic (exact) mass is 314 g/mol. The summed E-state index contributed by atoms with van der Waals surface area (Å²) in [6.07, 6.45) is 8.00. The molecule has 0 amide bonds. The summed E-state index contributed by atoms with van der Waals surface area (Å²) in [5.41, 5.74) is 0.267. The fourth-order valence-corrected chi connectivity index (χ4v) is 2.79. The maximum Gasteiger partial charge on any atom is 0.345 e. The Hall–Kier alpha value is -0.570. The predicted molar refractivity (Wildman–Crippen MR) is 92.6 cm³/mol. The van der Waals surface area contributed by atoms with E-state index in [0.717, 1.165) is 19.3 Å². The van der Waals surface area contributed by atoms with E-state index in [1.807, 2.05) is 0 Å². The van der Waals surface area contributed by atoms with E-state index in [1.165, 1.54) is 25.7 Å². The van der Waals surface area contributed by atoms with Gasteiger partial charge in [0.15, 0.2) is 0 Å². The number of carbonyl (C=O) groups excluding carboxylic acids is 1. The van der Waals surface area contributed by atoms with Gasteiger partial charge in [0.05, 0.1) is 5.92 Å². The van der Waals surface area contributed by atoms with Crippen LogP contribution < -0.4 is 0 Å². The molecule has 0 radical (unpaired) electrons. The molecule has 0 rings (SSSR count). The van der Waals surface area contributed by atoms with Gasteiger partial charge in [0, 0.05) is 0 Å². The van der Waals surface area contributed by atoms with Gasteiger partial charge in [-0.25, -0.2) is 4.79 Å². The first kappa shape index (κ1) is 21.4.